The summed E-state index contributed by atoms with van der Waals surface area (Å²) in [6, 6.07) is 33.8. The van der Waals surface area contributed by atoms with E-state index in [1.807, 2.05) is 60.7 Å². The van der Waals surface area contributed by atoms with Gasteiger partial charge in [-0.2, -0.15) is 0 Å². The Morgan fingerprint density at radius 1 is 0.733 bits per heavy atom. The topological polar surface area (TPSA) is 86.6 Å². The lowest BCUT2D eigenvalue weighted by Crippen LogP contribution is -2.45. The van der Waals surface area contributed by atoms with Crippen molar-refractivity contribution < 1.29 is 33.9 Å². The van der Waals surface area contributed by atoms with E-state index in [1.54, 1.807) is 14.2 Å². The number of aliphatic hydroxyl groups excluding tert-OH is 1. The molecule has 0 aromatic heterocycles. The third kappa shape index (κ3) is 5.58. The van der Waals surface area contributed by atoms with Gasteiger partial charge in [0, 0.05) is 0 Å². The number of methoxy groups -OCH3 is 2. The van der Waals surface area contributed by atoms with Crippen LogP contribution in [0.5, 0.6) is 11.5 Å². The molecule has 2 N–H and O–H groups in total. The summed E-state index contributed by atoms with van der Waals surface area (Å²) in [6.07, 6.45) is -1.82. The molecular formula is C38H36O7. The normalized spacial score (nSPS) is 20.7. The summed E-state index contributed by atoms with van der Waals surface area (Å²) in [4.78, 5) is 0. The highest BCUT2D eigenvalue weighted by molar-refractivity contribution is 6.23. The first kappa shape index (κ1) is 29.5. The van der Waals surface area contributed by atoms with Gasteiger partial charge in [-0.05, 0) is 73.3 Å². The number of aliphatic hydroxyl groups is 2. The van der Waals surface area contributed by atoms with E-state index in [4.69, 9.17) is 23.7 Å². The van der Waals surface area contributed by atoms with Crippen molar-refractivity contribution in [3.8, 4) is 11.5 Å². The van der Waals surface area contributed by atoms with E-state index in [2.05, 4.69) is 42.5 Å². The second kappa shape index (κ2) is 12.3. The molecule has 230 valence electrons. The first-order chi connectivity index (χ1) is 22.0. The lowest BCUT2D eigenvalue weighted by Gasteiger charge is -2.32. The van der Waals surface area contributed by atoms with Crippen molar-refractivity contribution in [2.75, 3.05) is 27.4 Å². The predicted octanol–water partition coefficient (Wildman–Crippen LogP) is 6.77. The number of hydrogen-bond acceptors (Lipinski definition) is 7. The minimum atomic E-state index is -1.69. The maximum atomic E-state index is 12.0. The van der Waals surface area contributed by atoms with Crippen LogP contribution in [0.25, 0.3) is 32.3 Å². The average molecular weight is 605 g/mol. The van der Waals surface area contributed by atoms with Gasteiger partial charge in [-0.3, -0.25) is 0 Å². The number of rotatable bonds is 11. The van der Waals surface area contributed by atoms with Crippen LogP contribution >= 0.6 is 0 Å². The summed E-state index contributed by atoms with van der Waals surface area (Å²) in [5.74, 6) is -0.860. The number of benzene rings is 6. The van der Waals surface area contributed by atoms with Crippen molar-refractivity contribution in [1.29, 1.82) is 0 Å². The maximum absolute atomic E-state index is 12.0. The summed E-state index contributed by atoms with van der Waals surface area (Å²) in [5.41, 5.74) is 2.57. The Morgan fingerprint density at radius 2 is 1.31 bits per heavy atom. The maximum Gasteiger partial charge on any atom is 0.197 e. The Balaban J connectivity index is 1.18. The van der Waals surface area contributed by atoms with E-state index in [0.29, 0.717) is 6.61 Å². The molecule has 1 heterocycles. The van der Waals surface area contributed by atoms with Gasteiger partial charge in [0.05, 0.1) is 46.1 Å². The molecule has 4 atom stereocenters. The van der Waals surface area contributed by atoms with Gasteiger partial charge >= 0.3 is 0 Å². The Kier molecular flexibility index (Phi) is 8.04. The minimum absolute atomic E-state index is 0.104. The van der Waals surface area contributed by atoms with Gasteiger partial charge in [0.25, 0.3) is 0 Å². The zero-order valence-electron chi connectivity index (χ0n) is 25.3. The summed E-state index contributed by atoms with van der Waals surface area (Å²) in [7, 11) is 3.25. The minimum Gasteiger partial charge on any atom is -0.497 e. The van der Waals surface area contributed by atoms with E-state index >= 15 is 0 Å². The molecule has 1 saturated heterocycles. The quantitative estimate of drug-likeness (QED) is 0.125. The lowest BCUT2D eigenvalue weighted by molar-refractivity contribution is -0.238. The highest BCUT2D eigenvalue weighted by atomic mass is 16.7. The van der Waals surface area contributed by atoms with Gasteiger partial charge in [-0.1, -0.05) is 78.9 Å². The van der Waals surface area contributed by atoms with Crippen molar-refractivity contribution in [2.45, 2.75) is 31.2 Å². The van der Waals surface area contributed by atoms with Crippen LogP contribution in [-0.2, 0) is 27.4 Å². The van der Waals surface area contributed by atoms with Crippen molar-refractivity contribution in [1.82, 2.24) is 0 Å². The van der Waals surface area contributed by atoms with E-state index in [9.17, 15) is 10.2 Å². The van der Waals surface area contributed by atoms with E-state index in [0.717, 1.165) is 55.1 Å². The van der Waals surface area contributed by atoms with Gasteiger partial charge < -0.3 is 33.9 Å². The van der Waals surface area contributed by atoms with E-state index < -0.39 is 23.9 Å². The summed E-state index contributed by atoms with van der Waals surface area (Å²) in [5, 5.41) is 30.6. The Labute approximate surface area is 261 Å². The first-order valence-electron chi connectivity index (χ1n) is 15.1. The molecule has 1 aliphatic rings. The highest BCUT2D eigenvalue weighted by Crippen LogP contribution is 2.43. The largest absolute Gasteiger partial charge is 0.497 e. The molecule has 6 aromatic carbocycles. The molecule has 0 radical (unpaired) electrons. The molecule has 0 amide bonds. The van der Waals surface area contributed by atoms with Gasteiger partial charge in [-0.15, -0.1) is 0 Å². The fraction of sp³-hybridized carbons (Fsp3) is 0.263. The van der Waals surface area contributed by atoms with Gasteiger partial charge in [-0.25, -0.2) is 0 Å². The molecule has 0 unspecified atom stereocenters. The molecule has 1 aliphatic heterocycles. The molecule has 45 heavy (non-hydrogen) atoms. The lowest BCUT2D eigenvalue weighted by atomic mass is 9.86. The molecule has 0 aliphatic carbocycles. The van der Waals surface area contributed by atoms with Crippen LogP contribution in [0.4, 0.5) is 0 Å². The Hall–Kier alpha value is -4.24. The summed E-state index contributed by atoms with van der Waals surface area (Å²) >= 11 is 0. The fourth-order valence-corrected chi connectivity index (χ4v) is 6.53. The smallest absolute Gasteiger partial charge is 0.197 e. The molecule has 1 fully saturated rings. The van der Waals surface area contributed by atoms with Crippen LogP contribution in [-0.4, -0.2) is 49.5 Å². The third-order valence-electron chi connectivity index (χ3n) is 9.02. The van der Waals surface area contributed by atoms with Crippen molar-refractivity contribution >= 4 is 32.3 Å². The SMILES string of the molecule is COc1ccc(COC[C@H]2[C@@H]([C@H](O)c3ccc4ccc5cccc6ccc3c4c56)OC[C@@]2(O)OCc2ccc(OC)cc2)cc1. The summed E-state index contributed by atoms with van der Waals surface area (Å²) in [6.45, 7) is 0.475. The molecule has 7 heteroatoms. The average Bonchev–Trinajstić information content (AvgIpc) is 3.42. The van der Waals surface area contributed by atoms with Gasteiger partial charge in [0.1, 0.15) is 24.2 Å². The first-order valence-corrected chi connectivity index (χ1v) is 15.1. The third-order valence-corrected chi connectivity index (χ3v) is 9.02. The Morgan fingerprint density at radius 3 is 1.96 bits per heavy atom. The molecule has 0 spiro atoms. The van der Waals surface area contributed by atoms with E-state index in [1.165, 1.54) is 5.39 Å². The summed E-state index contributed by atoms with van der Waals surface area (Å²) < 4.78 is 29.1. The van der Waals surface area contributed by atoms with Crippen molar-refractivity contribution in [2.24, 2.45) is 5.92 Å². The van der Waals surface area contributed by atoms with Crippen LogP contribution < -0.4 is 9.47 Å². The number of ether oxygens (including phenoxy) is 5. The zero-order chi connectivity index (χ0) is 31.0. The van der Waals surface area contributed by atoms with Crippen LogP contribution in [0.15, 0.2) is 103 Å². The Bertz CT molecular complexity index is 1890. The monoisotopic (exact) mass is 604 g/mol. The van der Waals surface area contributed by atoms with Crippen LogP contribution in [0.3, 0.4) is 0 Å². The number of hydrogen-bond donors (Lipinski definition) is 2. The van der Waals surface area contributed by atoms with Crippen molar-refractivity contribution in [3.63, 3.8) is 0 Å². The van der Waals surface area contributed by atoms with E-state index in [-0.39, 0.29) is 19.8 Å². The standard InChI is InChI=1S/C38H36O7/c1-41-29-14-6-24(7-15-29)20-43-22-33-37(44-23-38(33,40)45-21-25-8-16-30(42-2)17-9-25)36(39)32-19-13-28-11-10-26-4-3-5-27-12-18-31(32)35(28)34(26)27/h3-19,33,36-37,39-40H,20-23H2,1-2H3/t33-,36+,37-,38+/m0/s1. The molecule has 7 rings (SSSR count). The van der Waals surface area contributed by atoms with Crippen LogP contribution in [0.1, 0.15) is 22.8 Å². The molecule has 0 saturated carbocycles. The molecule has 6 aromatic rings. The molecule has 0 bridgehead atoms. The highest BCUT2D eigenvalue weighted by Gasteiger charge is 2.53. The van der Waals surface area contributed by atoms with Crippen molar-refractivity contribution in [3.05, 3.63) is 120 Å². The second-order valence-electron chi connectivity index (χ2n) is 11.7. The zero-order valence-corrected chi connectivity index (χ0v) is 25.3. The van der Waals surface area contributed by atoms with Gasteiger partial charge in [0.2, 0.25) is 0 Å². The fourth-order valence-electron chi connectivity index (χ4n) is 6.53. The van der Waals surface area contributed by atoms with Gasteiger partial charge in [0.15, 0.2) is 5.79 Å². The van der Waals surface area contributed by atoms with Crippen LogP contribution in [0.2, 0.25) is 0 Å². The molecular weight excluding hydrogens is 568 g/mol. The molecule has 7 nitrogen and oxygen atoms in total. The predicted molar refractivity (Wildman–Crippen MR) is 174 cm³/mol. The second-order valence-corrected chi connectivity index (χ2v) is 11.7. The van der Waals surface area contributed by atoms with Crippen LogP contribution in [0, 0.1) is 5.92 Å².